The van der Waals surface area contributed by atoms with Crippen molar-refractivity contribution in [3.63, 3.8) is 0 Å². The number of hydrogen-bond donors (Lipinski definition) is 1. The van der Waals surface area contributed by atoms with Crippen molar-refractivity contribution in [2.24, 2.45) is 5.92 Å². The molecule has 1 N–H and O–H groups in total. The van der Waals surface area contributed by atoms with Crippen LogP contribution in [0.5, 0.6) is 0 Å². The quantitative estimate of drug-likeness (QED) is 0.752. The summed E-state index contributed by atoms with van der Waals surface area (Å²) in [5.41, 5.74) is 1.40. The zero-order valence-electron chi connectivity index (χ0n) is 8.18. The summed E-state index contributed by atoms with van der Waals surface area (Å²) in [6, 6.07) is 2.11. The average molecular weight is 179 g/mol. The maximum Gasteiger partial charge on any atom is 0.103 e. The van der Waals surface area contributed by atoms with Crippen LogP contribution in [0.3, 0.4) is 0 Å². The molecule has 0 spiro atoms. The van der Waals surface area contributed by atoms with Crippen molar-refractivity contribution in [1.29, 1.82) is 0 Å². The molecule has 1 fully saturated rings. The Morgan fingerprint density at radius 2 is 2.23 bits per heavy atom. The van der Waals surface area contributed by atoms with Crippen molar-refractivity contribution < 1.29 is 4.42 Å². The fourth-order valence-electron chi connectivity index (χ4n) is 2.02. The van der Waals surface area contributed by atoms with E-state index in [0.717, 1.165) is 11.7 Å². The molecule has 0 aromatic carbocycles. The van der Waals surface area contributed by atoms with Crippen LogP contribution in [0.4, 0.5) is 0 Å². The zero-order chi connectivity index (χ0) is 9.10. The van der Waals surface area contributed by atoms with Gasteiger partial charge in [-0.2, -0.15) is 0 Å². The Hall–Kier alpha value is -0.760. The Morgan fingerprint density at radius 1 is 1.46 bits per heavy atom. The first-order valence-electron chi connectivity index (χ1n) is 5.10. The molecular weight excluding hydrogens is 162 g/mol. The summed E-state index contributed by atoms with van der Waals surface area (Å²) in [4.78, 5) is 0. The first kappa shape index (κ1) is 8.82. The van der Waals surface area contributed by atoms with Crippen LogP contribution in [0.15, 0.2) is 16.7 Å². The SMILES string of the molecule is Cc1occc1CC1CCNCC1. The van der Waals surface area contributed by atoms with Crippen LogP contribution >= 0.6 is 0 Å². The second kappa shape index (κ2) is 3.97. The highest BCUT2D eigenvalue weighted by atomic mass is 16.3. The van der Waals surface area contributed by atoms with E-state index in [-0.39, 0.29) is 0 Å². The maximum atomic E-state index is 5.29. The van der Waals surface area contributed by atoms with Gasteiger partial charge in [-0.15, -0.1) is 0 Å². The number of furan rings is 1. The fraction of sp³-hybridized carbons (Fsp3) is 0.636. The van der Waals surface area contributed by atoms with Gasteiger partial charge in [0.15, 0.2) is 0 Å². The molecule has 13 heavy (non-hydrogen) atoms. The average Bonchev–Trinajstić information content (AvgIpc) is 2.54. The summed E-state index contributed by atoms with van der Waals surface area (Å²) in [5, 5.41) is 3.39. The molecule has 2 nitrogen and oxygen atoms in total. The van der Waals surface area contributed by atoms with Gasteiger partial charge in [0.25, 0.3) is 0 Å². The van der Waals surface area contributed by atoms with E-state index in [4.69, 9.17) is 4.42 Å². The molecule has 0 bridgehead atoms. The summed E-state index contributed by atoms with van der Waals surface area (Å²) in [5.74, 6) is 1.95. The van der Waals surface area contributed by atoms with E-state index in [0.29, 0.717) is 0 Å². The van der Waals surface area contributed by atoms with E-state index in [2.05, 4.69) is 18.3 Å². The normalized spacial score (nSPS) is 19.2. The standard InChI is InChI=1S/C11H17NO/c1-9-11(4-7-13-9)8-10-2-5-12-6-3-10/h4,7,10,12H,2-3,5-6,8H2,1H3. The van der Waals surface area contributed by atoms with Crippen molar-refractivity contribution >= 4 is 0 Å². The molecule has 72 valence electrons. The van der Waals surface area contributed by atoms with Gasteiger partial charge in [0.1, 0.15) is 5.76 Å². The maximum absolute atomic E-state index is 5.29. The highest BCUT2D eigenvalue weighted by Gasteiger charge is 2.15. The van der Waals surface area contributed by atoms with Gasteiger partial charge in [-0.05, 0) is 56.8 Å². The van der Waals surface area contributed by atoms with Gasteiger partial charge in [0, 0.05) is 0 Å². The fourth-order valence-corrected chi connectivity index (χ4v) is 2.02. The van der Waals surface area contributed by atoms with E-state index in [9.17, 15) is 0 Å². The summed E-state index contributed by atoms with van der Waals surface area (Å²) < 4.78 is 5.29. The first-order chi connectivity index (χ1) is 6.36. The monoisotopic (exact) mass is 179 g/mol. The Morgan fingerprint density at radius 3 is 2.85 bits per heavy atom. The molecular formula is C11H17NO. The molecule has 2 heteroatoms. The third-order valence-corrected chi connectivity index (χ3v) is 2.93. The van der Waals surface area contributed by atoms with Crippen molar-refractivity contribution in [2.45, 2.75) is 26.2 Å². The van der Waals surface area contributed by atoms with E-state index < -0.39 is 0 Å². The molecule has 0 unspecified atom stereocenters. The molecule has 0 amide bonds. The van der Waals surface area contributed by atoms with Crippen LogP contribution in [-0.4, -0.2) is 13.1 Å². The van der Waals surface area contributed by atoms with Crippen LogP contribution in [0.2, 0.25) is 0 Å². The topological polar surface area (TPSA) is 25.2 Å². The summed E-state index contributed by atoms with van der Waals surface area (Å²) in [6.45, 7) is 4.42. The minimum atomic E-state index is 0.859. The van der Waals surface area contributed by atoms with Crippen molar-refractivity contribution in [3.05, 3.63) is 23.7 Å². The highest BCUT2D eigenvalue weighted by Crippen LogP contribution is 2.20. The smallest absolute Gasteiger partial charge is 0.103 e. The van der Waals surface area contributed by atoms with Gasteiger partial charge in [-0.1, -0.05) is 0 Å². The number of rotatable bonds is 2. The molecule has 1 aromatic rings. The largest absolute Gasteiger partial charge is 0.469 e. The predicted molar refractivity (Wildman–Crippen MR) is 52.7 cm³/mol. The van der Waals surface area contributed by atoms with Crippen molar-refractivity contribution in [3.8, 4) is 0 Å². The van der Waals surface area contributed by atoms with Crippen LogP contribution in [-0.2, 0) is 6.42 Å². The Balaban J connectivity index is 1.93. The minimum Gasteiger partial charge on any atom is -0.469 e. The van der Waals surface area contributed by atoms with Gasteiger partial charge in [-0.25, -0.2) is 0 Å². The number of hydrogen-bond acceptors (Lipinski definition) is 2. The zero-order valence-corrected chi connectivity index (χ0v) is 8.18. The molecule has 0 saturated carbocycles. The van der Waals surface area contributed by atoms with Gasteiger partial charge >= 0.3 is 0 Å². The summed E-state index contributed by atoms with van der Waals surface area (Å²) in [6.07, 6.45) is 5.62. The lowest BCUT2D eigenvalue weighted by atomic mass is 9.91. The molecule has 0 radical (unpaired) electrons. The molecule has 1 aromatic heterocycles. The van der Waals surface area contributed by atoms with E-state index in [1.54, 1.807) is 6.26 Å². The highest BCUT2D eigenvalue weighted by molar-refractivity contribution is 5.16. The molecule has 0 aliphatic carbocycles. The van der Waals surface area contributed by atoms with E-state index >= 15 is 0 Å². The number of piperidine rings is 1. The van der Waals surface area contributed by atoms with Crippen LogP contribution in [0.1, 0.15) is 24.2 Å². The number of aryl methyl sites for hydroxylation is 1. The Bertz CT molecular complexity index is 261. The van der Waals surface area contributed by atoms with Crippen molar-refractivity contribution in [2.75, 3.05) is 13.1 Å². The molecule has 2 rings (SSSR count). The molecule has 0 atom stereocenters. The second-order valence-electron chi connectivity index (χ2n) is 3.90. The van der Waals surface area contributed by atoms with Gasteiger partial charge in [0.2, 0.25) is 0 Å². The predicted octanol–water partition coefficient (Wildman–Crippen LogP) is 2.13. The Labute approximate surface area is 79.3 Å². The third-order valence-electron chi connectivity index (χ3n) is 2.93. The first-order valence-corrected chi connectivity index (χ1v) is 5.10. The Kier molecular flexibility index (Phi) is 2.69. The molecule has 2 heterocycles. The van der Waals surface area contributed by atoms with E-state index in [1.165, 1.54) is 37.9 Å². The summed E-state index contributed by atoms with van der Waals surface area (Å²) >= 11 is 0. The van der Waals surface area contributed by atoms with Gasteiger partial charge < -0.3 is 9.73 Å². The third kappa shape index (κ3) is 2.13. The lowest BCUT2D eigenvalue weighted by Gasteiger charge is -2.22. The van der Waals surface area contributed by atoms with Gasteiger partial charge in [0.05, 0.1) is 6.26 Å². The lowest BCUT2D eigenvalue weighted by Crippen LogP contribution is -2.28. The molecule has 1 saturated heterocycles. The minimum absolute atomic E-state index is 0.859. The second-order valence-corrected chi connectivity index (χ2v) is 3.90. The lowest BCUT2D eigenvalue weighted by molar-refractivity contribution is 0.370. The van der Waals surface area contributed by atoms with E-state index in [1.807, 2.05) is 0 Å². The van der Waals surface area contributed by atoms with Gasteiger partial charge in [-0.3, -0.25) is 0 Å². The van der Waals surface area contributed by atoms with Crippen LogP contribution in [0, 0.1) is 12.8 Å². The van der Waals surface area contributed by atoms with Crippen molar-refractivity contribution in [1.82, 2.24) is 5.32 Å². The van der Waals surface area contributed by atoms with Crippen LogP contribution < -0.4 is 5.32 Å². The summed E-state index contributed by atoms with van der Waals surface area (Å²) in [7, 11) is 0. The molecule has 1 aliphatic rings. The molecule has 1 aliphatic heterocycles. The van der Waals surface area contributed by atoms with Crippen LogP contribution in [0.25, 0.3) is 0 Å². The number of nitrogens with one attached hydrogen (secondary N) is 1.